The van der Waals surface area contributed by atoms with Crippen LogP contribution in [0.25, 0.3) is 11.1 Å². The van der Waals surface area contributed by atoms with Crippen LogP contribution < -0.4 is 0 Å². The van der Waals surface area contributed by atoms with Crippen molar-refractivity contribution >= 4 is 0 Å². The summed E-state index contributed by atoms with van der Waals surface area (Å²) in [4.78, 5) is 0. The SMILES string of the molecule is CC1CCC(c2ccc(-c3ccc(C4CC4CCCCCC4CCCCC4)cc3)c(F)c2F)CC1. The standard InChI is InChI=1S/C33H44F2/c1-23-12-14-25(15-13-23)29-20-21-30(33(35)32(29)34)26-16-18-27(19-17-26)31-22-28(31)11-7-3-6-10-24-8-4-2-5-9-24/h16-21,23-25,28,31H,2-15,22H2,1H3. The first kappa shape index (κ1) is 25.0. The molecule has 0 nitrogen and oxygen atoms in total. The predicted molar refractivity (Wildman–Crippen MR) is 143 cm³/mol. The lowest BCUT2D eigenvalue weighted by Gasteiger charge is -2.27. The van der Waals surface area contributed by atoms with Gasteiger partial charge in [0, 0.05) is 5.56 Å². The zero-order chi connectivity index (χ0) is 24.2. The number of unbranched alkanes of at least 4 members (excludes halogenated alkanes) is 2. The van der Waals surface area contributed by atoms with Gasteiger partial charge in [0.15, 0.2) is 11.6 Å². The Bertz CT molecular complexity index is 948. The van der Waals surface area contributed by atoms with Crippen LogP contribution in [0.4, 0.5) is 8.78 Å². The molecule has 190 valence electrons. The van der Waals surface area contributed by atoms with E-state index in [1.54, 1.807) is 6.07 Å². The van der Waals surface area contributed by atoms with Crippen molar-refractivity contribution in [2.24, 2.45) is 17.8 Å². The van der Waals surface area contributed by atoms with Crippen molar-refractivity contribution in [3.05, 3.63) is 59.2 Å². The minimum atomic E-state index is -0.675. The van der Waals surface area contributed by atoms with Crippen LogP contribution in [-0.4, -0.2) is 0 Å². The molecule has 2 unspecified atom stereocenters. The summed E-state index contributed by atoms with van der Waals surface area (Å²) in [6, 6.07) is 11.9. The fraction of sp³-hybridized carbons (Fsp3) is 0.636. The normalized spacial score (nSPS) is 27.2. The van der Waals surface area contributed by atoms with Gasteiger partial charge in [-0.1, -0.05) is 114 Å². The van der Waals surface area contributed by atoms with Gasteiger partial charge in [0.05, 0.1) is 0 Å². The van der Waals surface area contributed by atoms with E-state index in [0.29, 0.717) is 23.0 Å². The highest BCUT2D eigenvalue weighted by molar-refractivity contribution is 5.65. The summed E-state index contributed by atoms with van der Waals surface area (Å²) in [5.41, 5.74) is 3.13. The summed E-state index contributed by atoms with van der Waals surface area (Å²) < 4.78 is 30.1. The van der Waals surface area contributed by atoms with E-state index in [1.165, 1.54) is 76.2 Å². The second kappa shape index (κ2) is 11.6. The molecule has 0 bridgehead atoms. The summed E-state index contributed by atoms with van der Waals surface area (Å²) in [5.74, 6) is 2.07. The largest absolute Gasteiger partial charge is 0.203 e. The molecule has 0 heterocycles. The number of rotatable bonds is 9. The minimum absolute atomic E-state index is 0.163. The van der Waals surface area contributed by atoms with Gasteiger partial charge < -0.3 is 0 Å². The van der Waals surface area contributed by atoms with Gasteiger partial charge in [-0.05, 0) is 72.0 Å². The van der Waals surface area contributed by atoms with E-state index in [1.807, 2.05) is 18.2 Å². The lowest BCUT2D eigenvalue weighted by Crippen LogP contribution is -2.13. The van der Waals surface area contributed by atoms with Gasteiger partial charge >= 0.3 is 0 Å². The van der Waals surface area contributed by atoms with Crippen molar-refractivity contribution in [2.75, 3.05) is 0 Å². The minimum Gasteiger partial charge on any atom is -0.203 e. The summed E-state index contributed by atoms with van der Waals surface area (Å²) >= 11 is 0. The molecule has 3 fully saturated rings. The Balaban J connectivity index is 1.11. The van der Waals surface area contributed by atoms with E-state index < -0.39 is 11.6 Å². The van der Waals surface area contributed by atoms with E-state index in [0.717, 1.165) is 43.1 Å². The van der Waals surface area contributed by atoms with Gasteiger partial charge in [0.2, 0.25) is 0 Å². The molecule has 0 radical (unpaired) electrons. The molecular weight excluding hydrogens is 434 g/mol. The zero-order valence-corrected chi connectivity index (χ0v) is 21.7. The summed E-state index contributed by atoms with van der Waals surface area (Å²) in [6.07, 6.45) is 19.7. The molecule has 0 aromatic heterocycles. The van der Waals surface area contributed by atoms with Gasteiger partial charge in [-0.3, -0.25) is 0 Å². The quantitative estimate of drug-likeness (QED) is 0.314. The molecule has 5 rings (SSSR count). The maximum absolute atomic E-state index is 15.1. The molecule has 0 saturated heterocycles. The van der Waals surface area contributed by atoms with Crippen LogP contribution >= 0.6 is 0 Å². The van der Waals surface area contributed by atoms with Crippen LogP contribution in [-0.2, 0) is 0 Å². The molecule has 0 aliphatic heterocycles. The van der Waals surface area contributed by atoms with Gasteiger partial charge in [0.1, 0.15) is 0 Å². The monoisotopic (exact) mass is 478 g/mol. The fourth-order valence-electron chi connectivity index (χ4n) is 7.05. The summed E-state index contributed by atoms with van der Waals surface area (Å²) in [5, 5.41) is 0. The van der Waals surface area contributed by atoms with E-state index in [9.17, 15) is 0 Å². The van der Waals surface area contributed by atoms with E-state index in [4.69, 9.17) is 0 Å². The van der Waals surface area contributed by atoms with E-state index in [-0.39, 0.29) is 5.92 Å². The van der Waals surface area contributed by atoms with Crippen molar-refractivity contribution in [3.63, 3.8) is 0 Å². The van der Waals surface area contributed by atoms with Gasteiger partial charge in [0.25, 0.3) is 0 Å². The number of benzene rings is 2. The van der Waals surface area contributed by atoms with E-state index >= 15 is 8.78 Å². The number of hydrogen-bond acceptors (Lipinski definition) is 0. The van der Waals surface area contributed by atoms with Gasteiger partial charge in [-0.2, -0.15) is 0 Å². The van der Waals surface area contributed by atoms with Crippen molar-refractivity contribution in [3.8, 4) is 11.1 Å². The van der Waals surface area contributed by atoms with Crippen LogP contribution in [0.3, 0.4) is 0 Å². The molecule has 2 aromatic rings. The molecule has 3 saturated carbocycles. The van der Waals surface area contributed by atoms with Crippen LogP contribution in [0.5, 0.6) is 0 Å². The van der Waals surface area contributed by atoms with Crippen LogP contribution in [0.15, 0.2) is 36.4 Å². The summed E-state index contributed by atoms with van der Waals surface area (Å²) in [6.45, 7) is 2.25. The topological polar surface area (TPSA) is 0 Å². The first-order chi connectivity index (χ1) is 17.1. The smallest absolute Gasteiger partial charge is 0.166 e. The van der Waals surface area contributed by atoms with Gasteiger partial charge in [-0.25, -0.2) is 8.78 Å². The predicted octanol–water partition coefficient (Wildman–Crippen LogP) is 10.6. The van der Waals surface area contributed by atoms with Crippen LogP contribution in [0, 0.1) is 29.4 Å². The first-order valence-electron chi connectivity index (χ1n) is 14.7. The average molecular weight is 479 g/mol. The Kier molecular flexibility index (Phi) is 8.25. The second-order valence-electron chi connectivity index (χ2n) is 12.2. The Morgan fingerprint density at radius 2 is 1.43 bits per heavy atom. The fourth-order valence-corrected chi connectivity index (χ4v) is 7.05. The molecule has 3 aliphatic rings. The Hall–Kier alpha value is -1.70. The van der Waals surface area contributed by atoms with E-state index in [2.05, 4.69) is 19.1 Å². The van der Waals surface area contributed by atoms with Crippen molar-refractivity contribution < 1.29 is 8.78 Å². The Morgan fingerprint density at radius 1 is 0.714 bits per heavy atom. The number of halogens is 2. The van der Waals surface area contributed by atoms with Crippen molar-refractivity contribution in [1.29, 1.82) is 0 Å². The molecule has 0 N–H and O–H groups in total. The third-order valence-electron chi connectivity index (χ3n) is 9.55. The van der Waals surface area contributed by atoms with Crippen LogP contribution in [0.1, 0.15) is 126 Å². The first-order valence-corrected chi connectivity index (χ1v) is 14.7. The molecule has 2 atom stereocenters. The molecule has 2 aromatic carbocycles. The molecule has 0 amide bonds. The maximum Gasteiger partial charge on any atom is 0.166 e. The zero-order valence-electron chi connectivity index (χ0n) is 21.7. The highest BCUT2D eigenvalue weighted by Gasteiger charge is 2.37. The number of hydrogen-bond donors (Lipinski definition) is 0. The second-order valence-corrected chi connectivity index (χ2v) is 12.2. The van der Waals surface area contributed by atoms with Crippen molar-refractivity contribution in [2.45, 2.75) is 115 Å². The third kappa shape index (κ3) is 6.17. The molecule has 2 heteroatoms. The molecule has 0 spiro atoms. The maximum atomic E-state index is 15.1. The summed E-state index contributed by atoms with van der Waals surface area (Å²) in [7, 11) is 0. The molecule has 35 heavy (non-hydrogen) atoms. The lowest BCUT2D eigenvalue weighted by molar-refractivity contribution is 0.327. The lowest BCUT2D eigenvalue weighted by atomic mass is 9.79. The molecule has 3 aliphatic carbocycles. The van der Waals surface area contributed by atoms with Crippen molar-refractivity contribution in [1.82, 2.24) is 0 Å². The van der Waals surface area contributed by atoms with Crippen LogP contribution in [0.2, 0.25) is 0 Å². The highest BCUT2D eigenvalue weighted by Crippen LogP contribution is 2.50. The molecular formula is C33H44F2. The Labute approximate surface area is 211 Å². The highest BCUT2D eigenvalue weighted by atomic mass is 19.2. The average Bonchev–Trinajstić information content (AvgIpc) is 3.66. The third-order valence-corrected chi connectivity index (χ3v) is 9.55. The Morgan fingerprint density at radius 3 is 2.17 bits per heavy atom. The van der Waals surface area contributed by atoms with Gasteiger partial charge in [-0.15, -0.1) is 0 Å².